The van der Waals surface area contributed by atoms with Crippen LogP contribution in [0.3, 0.4) is 0 Å². The van der Waals surface area contributed by atoms with E-state index >= 15 is 0 Å². The summed E-state index contributed by atoms with van der Waals surface area (Å²) in [7, 11) is 0. The molecule has 2 aromatic heterocycles. The molecule has 0 amide bonds. The summed E-state index contributed by atoms with van der Waals surface area (Å²) in [5.74, 6) is 2.22. The summed E-state index contributed by atoms with van der Waals surface area (Å²) in [6, 6.07) is 9.84. The number of aryl methyl sites for hydroxylation is 3. The maximum absolute atomic E-state index is 13.2. The van der Waals surface area contributed by atoms with Gasteiger partial charge in [0.2, 0.25) is 0 Å². The molecule has 4 rings (SSSR count). The van der Waals surface area contributed by atoms with Crippen LogP contribution in [-0.2, 0) is 19.5 Å². The molecule has 0 spiro atoms. The van der Waals surface area contributed by atoms with Crippen molar-refractivity contribution in [2.45, 2.75) is 45.2 Å². The molecule has 1 aliphatic rings. The minimum absolute atomic E-state index is 0.0621. The van der Waals surface area contributed by atoms with Gasteiger partial charge in [-0.05, 0) is 38.1 Å². The smallest absolute Gasteiger partial charge is 0.333 e. The zero-order valence-corrected chi connectivity index (χ0v) is 15.7. The minimum Gasteiger partial charge on any atom is -0.333 e. The molecule has 1 aromatic carbocycles. The summed E-state index contributed by atoms with van der Waals surface area (Å²) in [6.45, 7) is 5.26. The maximum Gasteiger partial charge on any atom is 0.350 e. The molecule has 1 N–H and O–H groups in total. The third kappa shape index (κ3) is 3.60. The molecule has 27 heavy (non-hydrogen) atoms. The van der Waals surface area contributed by atoms with E-state index in [1.54, 1.807) is 9.25 Å². The molecule has 3 heterocycles. The lowest BCUT2D eigenvalue weighted by Crippen LogP contribution is -2.29. The SMILES string of the molecule is CCc1nccn1CCn1nc(C2CCNCC2)n(-c2ccccc2)c1=O. The molecule has 7 heteroatoms. The van der Waals surface area contributed by atoms with Crippen molar-refractivity contribution in [3.63, 3.8) is 0 Å². The molecule has 1 aliphatic heterocycles. The average molecular weight is 366 g/mol. The highest BCUT2D eigenvalue weighted by Gasteiger charge is 2.24. The van der Waals surface area contributed by atoms with Gasteiger partial charge in [0.1, 0.15) is 11.6 Å². The summed E-state index contributed by atoms with van der Waals surface area (Å²) in [6.07, 6.45) is 6.66. The first kappa shape index (κ1) is 17.7. The first-order valence-corrected chi connectivity index (χ1v) is 9.74. The molecular formula is C20H26N6O. The zero-order valence-electron chi connectivity index (χ0n) is 15.7. The van der Waals surface area contributed by atoms with Gasteiger partial charge in [-0.15, -0.1) is 0 Å². The van der Waals surface area contributed by atoms with Gasteiger partial charge in [0, 0.05) is 31.3 Å². The predicted octanol–water partition coefficient (Wildman–Crippen LogP) is 1.96. The highest BCUT2D eigenvalue weighted by atomic mass is 16.2. The van der Waals surface area contributed by atoms with Crippen molar-refractivity contribution in [2.75, 3.05) is 13.1 Å². The topological polar surface area (TPSA) is 69.7 Å². The van der Waals surface area contributed by atoms with Crippen molar-refractivity contribution in [3.05, 3.63) is 64.9 Å². The summed E-state index contributed by atoms with van der Waals surface area (Å²) in [4.78, 5) is 17.5. The summed E-state index contributed by atoms with van der Waals surface area (Å²) >= 11 is 0. The fraction of sp³-hybridized carbons (Fsp3) is 0.450. The van der Waals surface area contributed by atoms with E-state index in [2.05, 4.69) is 21.8 Å². The summed E-state index contributed by atoms with van der Waals surface area (Å²) in [5.41, 5.74) is 0.826. The number of hydrogen-bond donors (Lipinski definition) is 1. The fourth-order valence-corrected chi connectivity index (χ4v) is 3.79. The van der Waals surface area contributed by atoms with Gasteiger partial charge >= 0.3 is 5.69 Å². The number of piperidine rings is 1. The number of rotatable bonds is 6. The van der Waals surface area contributed by atoms with E-state index in [4.69, 9.17) is 5.10 Å². The van der Waals surface area contributed by atoms with Gasteiger partial charge in [0.15, 0.2) is 0 Å². The van der Waals surface area contributed by atoms with Crippen molar-refractivity contribution in [1.82, 2.24) is 29.2 Å². The molecule has 0 unspecified atom stereocenters. The van der Waals surface area contributed by atoms with Crippen molar-refractivity contribution >= 4 is 0 Å². The van der Waals surface area contributed by atoms with Gasteiger partial charge in [0.05, 0.1) is 12.2 Å². The first-order valence-electron chi connectivity index (χ1n) is 9.74. The standard InChI is InChI=1S/C20H26N6O/c1-2-18-22-12-13-24(18)14-15-25-20(27)26(17-6-4-3-5-7-17)19(23-25)16-8-10-21-11-9-16/h3-7,12-13,16,21H,2,8-11,14-15H2,1H3. The van der Waals surface area contributed by atoms with Crippen LogP contribution in [0.2, 0.25) is 0 Å². The van der Waals surface area contributed by atoms with Crippen LogP contribution < -0.4 is 11.0 Å². The molecule has 0 saturated carbocycles. The highest BCUT2D eigenvalue weighted by Crippen LogP contribution is 2.24. The third-order valence-electron chi connectivity index (χ3n) is 5.25. The Labute approximate surface area is 158 Å². The van der Waals surface area contributed by atoms with Crippen LogP contribution in [-0.4, -0.2) is 37.0 Å². The Hall–Kier alpha value is -2.67. The number of nitrogens with one attached hydrogen (secondary N) is 1. The molecule has 3 aromatic rings. The normalized spacial score (nSPS) is 15.3. The zero-order chi connectivity index (χ0) is 18.6. The molecule has 142 valence electrons. The number of hydrogen-bond acceptors (Lipinski definition) is 4. The quantitative estimate of drug-likeness (QED) is 0.724. The Morgan fingerprint density at radius 3 is 2.67 bits per heavy atom. The van der Waals surface area contributed by atoms with Gasteiger partial charge in [-0.1, -0.05) is 25.1 Å². The van der Waals surface area contributed by atoms with Gasteiger partial charge in [0.25, 0.3) is 0 Å². The monoisotopic (exact) mass is 366 g/mol. The van der Waals surface area contributed by atoms with E-state index in [1.165, 1.54) is 0 Å². The van der Waals surface area contributed by atoms with Crippen molar-refractivity contribution in [2.24, 2.45) is 0 Å². The van der Waals surface area contributed by atoms with Crippen molar-refractivity contribution < 1.29 is 0 Å². The lowest BCUT2D eigenvalue weighted by molar-refractivity contribution is 0.434. The molecule has 0 bridgehead atoms. The lowest BCUT2D eigenvalue weighted by Gasteiger charge is -2.22. The molecule has 1 saturated heterocycles. The van der Waals surface area contributed by atoms with Gasteiger partial charge < -0.3 is 9.88 Å². The van der Waals surface area contributed by atoms with Crippen LogP contribution in [0.1, 0.15) is 37.3 Å². The van der Waals surface area contributed by atoms with Crippen LogP contribution >= 0.6 is 0 Å². The molecule has 0 aliphatic carbocycles. The van der Waals surface area contributed by atoms with Crippen molar-refractivity contribution in [3.8, 4) is 5.69 Å². The molecular weight excluding hydrogens is 340 g/mol. The Balaban J connectivity index is 1.68. The number of para-hydroxylation sites is 1. The second-order valence-electron chi connectivity index (χ2n) is 6.95. The minimum atomic E-state index is -0.0621. The van der Waals surface area contributed by atoms with E-state index in [0.717, 1.165) is 49.7 Å². The van der Waals surface area contributed by atoms with Crippen LogP contribution in [0.4, 0.5) is 0 Å². The van der Waals surface area contributed by atoms with Gasteiger partial charge in [-0.25, -0.2) is 19.0 Å². The lowest BCUT2D eigenvalue weighted by atomic mass is 9.97. The fourth-order valence-electron chi connectivity index (χ4n) is 3.79. The van der Waals surface area contributed by atoms with Crippen LogP contribution in [0.25, 0.3) is 5.69 Å². The number of nitrogens with zero attached hydrogens (tertiary/aromatic N) is 5. The first-order chi connectivity index (χ1) is 13.3. The maximum atomic E-state index is 13.2. The van der Waals surface area contributed by atoms with Crippen molar-refractivity contribution in [1.29, 1.82) is 0 Å². The highest BCUT2D eigenvalue weighted by molar-refractivity contribution is 5.33. The van der Waals surface area contributed by atoms with Gasteiger partial charge in [-0.3, -0.25) is 0 Å². The van der Waals surface area contributed by atoms with E-state index in [-0.39, 0.29) is 5.69 Å². The van der Waals surface area contributed by atoms with Crippen LogP contribution in [0, 0.1) is 0 Å². The number of benzene rings is 1. The molecule has 7 nitrogen and oxygen atoms in total. The Morgan fingerprint density at radius 1 is 1.15 bits per heavy atom. The van der Waals surface area contributed by atoms with E-state index in [1.807, 2.05) is 42.7 Å². The van der Waals surface area contributed by atoms with E-state index < -0.39 is 0 Å². The third-order valence-corrected chi connectivity index (χ3v) is 5.25. The number of imidazole rings is 1. The molecule has 0 radical (unpaired) electrons. The summed E-state index contributed by atoms with van der Waals surface area (Å²) in [5, 5.41) is 8.16. The Bertz CT molecular complexity index is 933. The van der Waals surface area contributed by atoms with Gasteiger partial charge in [-0.2, -0.15) is 5.10 Å². The van der Waals surface area contributed by atoms with E-state index in [9.17, 15) is 4.79 Å². The van der Waals surface area contributed by atoms with Crippen LogP contribution in [0.15, 0.2) is 47.5 Å². The second kappa shape index (κ2) is 7.92. The largest absolute Gasteiger partial charge is 0.350 e. The summed E-state index contributed by atoms with van der Waals surface area (Å²) < 4.78 is 5.51. The number of aromatic nitrogens is 5. The predicted molar refractivity (Wildman–Crippen MR) is 104 cm³/mol. The average Bonchev–Trinajstić information content (AvgIpc) is 3.31. The second-order valence-corrected chi connectivity index (χ2v) is 6.95. The Morgan fingerprint density at radius 2 is 1.93 bits per heavy atom. The van der Waals surface area contributed by atoms with Crippen LogP contribution in [0.5, 0.6) is 0 Å². The Kier molecular flexibility index (Phi) is 5.20. The molecule has 1 fully saturated rings. The molecule has 0 atom stereocenters. The van der Waals surface area contributed by atoms with E-state index in [0.29, 0.717) is 19.0 Å².